The number of anilines is 1. The van der Waals surface area contributed by atoms with Crippen molar-refractivity contribution in [2.75, 3.05) is 12.0 Å². The van der Waals surface area contributed by atoms with Crippen LogP contribution in [-0.4, -0.2) is 17.3 Å². The third-order valence-electron chi connectivity index (χ3n) is 3.16. The molecule has 1 amide bonds. The predicted molar refractivity (Wildman–Crippen MR) is 97.7 cm³/mol. The lowest BCUT2D eigenvalue weighted by Crippen LogP contribution is -2.27. The first-order valence-corrected chi connectivity index (χ1v) is 8.61. The molecule has 0 aliphatic carbocycles. The van der Waals surface area contributed by atoms with Gasteiger partial charge in [-0.2, -0.15) is 0 Å². The maximum Gasteiger partial charge on any atom is 0.270 e. The average Bonchev–Trinajstić information content (AvgIpc) is 3.03. The maximum absolute atomic E-state index is 12.6. The summed E-state index contributed by atoms with van der Waals surface area (Å²) in [4.78, 5) is 17.1. The third kappa shape index (κ3) is 2.95. The standard InChI is InChI=1S/C16H13NO2S3/c1-10-3-8-13(21-10)9-14-15(18)17(16(20)22-14)11-4-6-12(19-2)7-5-11/h3-9H,1-2H3/b14-9+. The average molecular weight is 347 g/mol. The summed E-state index contributed by atoms with van der Waals surface area (Å²) in [5.74, 6) is 0.671. The number of thiophene rings is 1. The minimum Gasteiger partial charge on any atom is -0.497 e. The van der Waals surface area contributed by atoms with Crippen molar-refractivity contribution in [3.63, 3.8) is 0 Å². The molecule has 0 saturated carbocycles. The molecular weight excluding hydrogens is 334 g/mol. The first-order chi connectivity index (χ1) is 10.6. The van der Waals surface area contributed by atoms with Gasteiger partial charge in [-0.25, -0.2) is 0 Å². The molecule has 22 heavy (non-hydrogen) atoms. The summed E-state index contributed by atoms with van der Waals surface area (Å²) in [6, 6.07) is 11.4. The summed E-state index contributed by atoms with van der Waals surface area (Å²) in [7, 11) is 1.61. The predicted octanol–water partition coefficient (Wildman–Crippen LogP) is 4.47. The normalized spacial score (nSPS) is 16.6. The number of hydrogen-bond acceptors (Lipinski definition) is 5. The Morgan fingerprint density at radius 1 is 1.18 bits per heavy atom. The van der Waals surface area contributed by atoms with Crippen LogP contribution >= 0.6 is 35.3 Å². The van der Waals surface area contributed by atoms with Crippen LogP contribution in [0.4, 0.5) is 5.69 Å². The number of benzene rings is 1. The topological polar surface area (TPSA) is 29.5 Å². The molecule has 1 aliphatic heterocycles. The van der Waals surface area contributed by atoms with Gasteiger partial charge in [-0.05, 0) is 49.4 Å². The minimum absolute atomic E-state index is 0.0776. The van der Waals surface area contributed by atoms with E-state index in [1.165, 1.54) is 16.6 Å². The molecule has 0 unspecified atom stereocenters. The van der Waals surface area contributed by atoms with Crippen molar-refractivity contribution >= 4 is 57.3 Å². The zero-order chi connectivity index (χ0) is 15.7. The van der Waals surface area contributed by atoms with Gasteiger partial charge in [0.25, 0.3) is 5.91 Å². The molecule has 1 saturated heterocycles. The van der Waals surface area contributed by atoms with E-state index >= 15 is 0 Å². The Hall–Kier alpha value is -1.63. The van der Waals surface area contributed by atoms with E-state index in [4.69, 9.17) is 17.0 Å². The minimum atomic E-state index is -0.0776. The van der Waals surface area contributed by atoms with Crippen LogP contribution in [-0.2, 0) is 4.79 Å². The molecule has 112 valence electrons. The van der Waals surface area contributed by atoms with E-state index in [0.29, 0.717) is 9.23 Å². The van der Waals surface area contributed by atoms with Crippen LogP contribution in [0.5, 0.6) is 5.75 Å². The second-order valence-electron chi connectivity index (χ2n) is 4.66. The zero-order valence-electron chi connectivity index (χ0n) is 12.0. The molecule has 0 bridgehead atoms. The highest BCUT2D eigenvalue weighted by Crippen LogP contribution is 2.37. The van der Waals surface area contributed by atoms with Crippen molar-refractivity contribution in [2.24, 2.45) is 0 Å². The highest BCUT2D eigenvalue weighted by atomic mass is 32.2. The van der Waals surface area contributed by atoms with Gasteiger partial charge < -0.3 is 4.74 Å². The first-order valence-electron chi connectivity index (χ1n) is 6.57. The van der Waals surface area contributed by atoms with E-state index < -0.39 is 0 Å². The number of rotatable bonds is 3. The fourth-order valence-corrected chi connectivity index (χ4v) is 4.27. The molecule has 0 radical (unpaired) electrons. The third-order valence-corrected chi connectivity index (χ3v) is 5.41. The molecule has 0 N–H and O–H groups in total. The Labute approximate surface area is 142 Å². The smallest absolute Gasteiger partial charge is 0.270 e. The quantitative estimate of drug-likeness (QED) is 0.605. The van der Waals surface area contributed by atoms with Gasteiger partial charge in [0, 0.05) is 9.75 Å². The van der Waals surface area contributed by atoms with Gasteiger partial charge in [-0.3, -0.25) is 9.69 Å². The Morgan fingerprint density at radius 3 is 2.50 bits per heavy atom. The number of thioether (sulfide) groups is 1. The lowest BCUT2D eigenvalue weighted by atomic mass is 10.2. The van der Waals surface area contributed by atoms with Crippen molar-refractivity contribution < 1.29 is 9.53 Å². The van der Waals surface area contributed by atoms with Gasteiger partial charge in [0.05, 0.1) is 17.7 Å². The molecule has 3 rings (SSSR count). The van der Waals surface area contributed by atoms with Gasteiger partial charge in [0.15, 0.2) is 4.32 Å². The SMILES string of the molecule is COc1ccc(N2C(=O)/C(=C\c3ccc(C)s3)SC2=S)cc1. The molecule has 6 heteroatoms. The Morgan fingerprint density at radius 2 is 1.91 bits per heavy atom. The molecular formula is C16H13NO2S3. The first kappa shape index (κ1) is 15.3. The fraction of sp³-hybridized carbons (Fsp3) is 0.125. The second kappa shape index (κ2) is 6.24. The van der Waals surface area contributed by atoms with Crippen molar-refractivity contribution in [1.82, 2.24) is 0 Å². The maximum atomic E-state index is 12.6. The van der Waals surface area contributed by atoms with Crippen LogP contribution in [0, 0.1) is 6.92 Å². The molecule has 1 aliphatic rings. The van der Waals surface area contributed by atoms with Crippen LogP contribution in [0.2, 0.25) is 0 Å². The monoisotopic (exact) mass is 347 g/mol. The van der Waals surface area contributed by atoms with Crippen LogP contribution in [0.15, 0.2) is 41.3 Å². The number of carbonyl (C=O) groups is 1. The van der Waals surface area contributed by atoms with E-state index in [2.05, 4.69) is 0 Å². The van der Waals surface area contributed by atoms with Gasteiger partial charge in [0.1, 0.15) is 5.75 Å². The molecule has 2 aromatic rings. The van der Waals surface area contributed by atoms with E-state index in [1.807, 2.05) is 49.4 Å². The molecule has 1 fully saturated rings. The lowest BCUT2D eigenvalue weighted by molar-refractivity contribution is -0.113. The zero-order valence-corrected chi connectivity index (χ0v) is 14.5. The number of ether oxygens (including phenoxy) is 1. The second-order valence-corrected chi connectivity index (χ2v) is 7.66. The van der Waals surface area contributed by atoms with Crippen molar-refractivity contribution in [3.8, 4) is 5.75 Å². The summed E-state index contributed by atoms with van der Waals surface area (Å²) in [5.41, 5.74) is 0.758. The van der Waals surface area contributed by atoms with Gasteiger partial charge in [0.2, 0.25) is 0 Å². The van der Waals surface area contributed by atoms with Crippen LogP contribution in [0.25, 0.3) is 6.08 Å². The largest absolute Gasteiger partial charge is 0.497 e. The number of thiocarbonyl (C=S) groups is 1. The van der Waals surface area contributed by atoms with E-state index in [-0.39, 0.29) is 5.91 Å². The molecule has 0 atom stereocenters. The Kier molecular flexibility index (Phi) is 4.33. The number of amides is 1. The van der Waals surface area contributed by atoms with Crippen LogP contribution in [0.3, 0.4) is 0 Å². The lowest BCUT2D eigenvalue weighted by Gasteiger charge is -2.14. The number of hydrogen-bond donors (Lipinski definition) is 0. The van der Waals surface area contributed by atoms with Crippen LogP contribution in [0.1, 0.15) is 9.75 Å². The van der Waals surface area contributed by atoms with Gasteiger partial charge >= 0.3 is 0 Å². The van der Waals surface area contributed by atoms with Crippen molar-refractivity contribution in [1.29, 1.82) is 0 Å². The molecule has 1 aromatic carbocycles. The fourth-order valence-electron chi connectivity index (χ4n) is 2.08. The summed E-state index contributed by atoms with van der Waals surface area (Å²) < 4.78 is 5.69. The number of aryl methyl sites for hydroxylation is 1. The van der Waals surface area contributed by atoms with E-state index in [1.54, 1.807) is 23.3 Å². The molecule has 2 heterocycles. The number of methoxy groups -OCH3 is 1. The van der Waals surface area contributed by atoms with E-state index in [9.17, 15) is 4.79 Å². The summed E-state index contributed by atoms with van der Waals surface area (Å²) in [5, 5.41) is 0. The molecule has 3 nitrogen and oxygen atoms in total. The number of carbonyl (C=O) groups excluding carboxylic acids is 1. The van der Waals surface area contributed by atoms with Crippen LogP contribution < -0.4 is 9.64 Å². The Balaban J connectivity index is 1.89. The molecule has 0 spiro atoms. The van der Waals surface area contributed by atoms with Crippen molar-refractivity contribution in [2.45, 2.75) is 6.92 Å². The van der Waals surface area contributed by atoms with Gasteiger partial charge in [-0.1, -0.05) is 24.0 Å². The highest BCUT2D eigenvalue weighted by Gasteiger charge is 2.33. The summed E-state index contributed by atoms with van der Waals surface area (Å²) in [6.07, 6.45) is 1.90. The van der Waals surface area contributed by atoms with Crippen molar-refractivity contribution in [3.05, 3.63) is 51.1 Å². The number of nitrogens with zero attached hydrogens (tertiary/aromatic N) is 1. The summed E-state index contributed by atoms with van der Waals surface area (Å²) >= 11 is 8.35. The Bertz CT molecular complexity index is 762. The highest BCUT2D eigenvalue weighted by molar-refractivity contribution is 8.27. The van der Waals surface area contributed by atoms with Gasteiger partial charge in [-0.15, -0.1) is 11.3 Å². The van der Waals surface area contributed by atoms with E-state index in [0.717, 1.165) is 16.3 Å². The molecule has 1 aromatic heterocycles. The summed E-state index contributed by atoms with van der Waals surface area (Å²) in [6.45, 7) is 2.05.